The molecule has 0 radical (unpaired) electrons. The molecular formula is C21H20BrN3O3. The second kappa shape index (κ2) is 9.23. The number of nitrogens with one attached hydrogen (secondary N) is 2. The third kappa shape index (κ3) is 4.61. The number of hydrogen-bond donors (Lipinski definition) is 2. The maximum atomic E-state index is 12.1. The second-order valence-corrected chi connectivity index (χ2v) is 6.76. The average Bonchev–Trinajstić information content (AvgIpc) is 2.72. The van der Waals surface area contributed by atoms with E-state index in [-0.39, 0.29) is 12.5 Å². The molecule has 0 aliphatic carbocycles. The highest BCUT2D eigenvalue weighted by Gasteiger charge is 2.08. The summed E-state index contributed by atoms with van der Waals surface area (Å²) in [5.74, 6) is 0.986. The first kappa shape index (κ1) is 19.7. The molecule has 0 bridgehead atoms. The van der Waals surface area contributed by atoms with Gasteiger partial charge in [0.15, 0.2) is 0 Å². The summed E-state index contributed by atoms with van der Waals surface area (Å²) in [4.78, 5) is 12.1. The number of carbonyl (C=O) groups excluding carboxylic acids is 1. The van der Waals surface area contributed by atoms with Crippen LogP contribution in [0.3, 0.4) is 0 Å². The summed E-state index contributed by atoms with van der Waals surface area (Å²) in [6.45, 7) is 0.106. The lowest BCUT2D eigenvalue weighted by atomic mass is 10.1. The Morgan fingerprint density at radius 2 is 1.82 bits per heavy atom. The lowest BCUT2D eigenvalue weighted by Gasteiger charge is -2.10. The van der Waals surface area contributed by atoms with Crippen molar-refractivity contribution in [3.63, 3.8) is 0 Å². The predicted octanol–water partition coefficient (Wildman–Crippen LogP) is 4.18. The molecule has 0 heterocycles. The minimum atomic E-state index is -0.254. The fraction of sp³-hybridized carbons (Fsp3) is 0.143. The van der Waals surface area contributed by atoms with E-state index in [9.17, 15) is 4.79 Å². The summed E-state index contributed by atoms with van der Waals surface area (Å²) in [5, 5.41) is 9.34. The van der Waals surface area contributed by atoms with Crippen LogP contribution >= 0.6 is 15.9 Å². The van der Waals surface area contributed by atoms with E-state index in [2.05, 4.69) is 31.8 Å². The zero-order valence-corrected chi connectivity index (χ0v) is 17.1. The van der Waals surface area contributed by atoms with Gasteiger partial charge in [0, 0.05) is 22.7 Å². The smallest absolute Gasteiger partial charge is 0.259 e. The Bertz CT molecular complexity index is 1020. The van der Waals surface area contributed by atoms with Gasteiger partial charge in [0.05, 0.1) is 31.5 Å². The number of benzene rings is 3. The van der Waals surface area contributed by atoms with Crippen LogP contribution in [0.2, 0.25) is 0 Å². The van der Waals surface area contributed by atoms with Crippen LogP contribution in [0.25, 0.3) is 10.8 Å². The molecule has 0 saturated carbocycles. The van der Waals surface area contributed by atoms with E-state index in [1.54, 1.807) is 20.3 Å². The molecule has 0 fully saturated rings. The maximum absolute atomic E-state index is 12.1. The molecule has 144 valence electrons. The summed E-state index contributed by atoms with van der Waals surface area (Å²) in [7, 11) is 3.14. The van der Waals surface area contributed by atoms with E-state index < -0.39 is 0 Å². The number of hydrazone groups is 1. The minimum absolute atomic E-state index is 0.106. The van der Waals surface area contributed by atoms with Crippen molar-refractivity contribution in [1.82, 2.24) is 5.43 Å². The SMILES string of the molecule is COc1cc(OC)c(/C=N\NC(=O)CNc2cccc3ccccc23)cc1Br. The molecule has 0 atom stereocenters. The third-order valence-electron chi connectivity index (χ3n) is 4.13. The molecule has 3 rings (SSSR count). The minimum Gasteiger partial charge on any atom is -0.496 e. The largest absolute Gasteiger partial charge is 0.496 e. The van der Waals surface area contributed by atoms with Crippen molar-refractivity contribution < 1.29 is 14.3 Å². The summed E-state index contributed by atoms with van der Waals surface area (Å²) >= 11 is 3.42. The van der Waals surface area contributed by atoms with Crippen molar-refractivity contribution in [3.8, 4) is 11.5 Å². The quantitative estimate of drug-likeness (QED) is 0.426. The van der Waals surface area contributed by atoms with Gasteiger partial charge in [-0.05, 0) is 33.4 Å². The highest BCUT2D eigenvalue weighted by molar-refractivity contribution is 9.10. The summed E-state index contributed by atoms with van der Waals surface area (Å²) in [6.07, 6.45) is 1.53. The van der Waals surface area contributed by atoms with Crippen LogP contribution in [0.5, 0.6) is 11.5 Å². The van der Waals surface area contributed by atoms with Crippen LogP contribution in [0, 0.1) is 0 Å². The van der Waals surface area contributed by atoms with Crippen molar-refractivity contribution in [3.05, 3.63) is 64.6 Å². The van der Waals surface area contributed by atoms with Gasteiger partial charge in [-0.1, -0.05) is 36.4 Å². The molecule has 0 saturated heterocycles. The van der Waals surface area contributed by atoms with Crippen LogP contribution < -0.4 is 20.2 Å². The van der Waals surface area contributed by atoms with Crippen LogP contribution in [0.1, 0.15) is 5.56 Å². The number of ether oxygens (including phenoxy) is 2. The van der Waals surface area contributed by atoms with Crippen LogP contribution in [-0.4, -0.2) is 32.9 Å². The Kier molecular flexibility index (Phi) is 6.49. The first-order valence-electron chi connectivity index (χ1n) is 8.57. The zero-order chi connectivity index (χ0) is 19.9. The molecule has 3 aromatic carbocycles. The Balaban J connectivity index is 1.62. The molecule has 28 heavy (non-hydrogen) atoms. The molecule has 0 spiro atoms. The molecule has 0 aliphatic rings. The van der Waals surface area contributed by atoms with Crippen molar-refractivity contribution in [1.29, 1.82) is 0 Å². The van der Waals surface area contributed by atoms with Crippen molar-refractivity contribution in [2.45, 2.75) is 0 Å². The van der Waals surface area contributed by atoms with Gasteiger partial charge in [-0.25, -0.2) is 5.43 Å². The van der Waals surface area contributed by atoms with E-state index in [0.29, 0.717) is 17.1 Å². The van der Waals surface area contributed by atoms with Gasteiger partial charge < -0.3 is 14.8 Å². The molecular weight excluding hydrogens is 422 g/mol. The van der Waals surface area contributed by atoms with Gasteiger partial charge in [0.1, 0.15) is 11.5 Å². The van der Waals surface area contributed by atoms with E-state index in [1.165, 1.54) is 6.21 Å². The van der Waals surface area contributed by atoms with Crippen molar-refractivity contribution >= 4 is 44.5 Å². The third-order valence-corrected chi connectivity index (χ3v) is 4.75. The molecule has 3 aromatic rings. The zero-order valence-electron chi connectivity index (χ0n) is 15.5. The number of amides is 1. The number of halogens is 1. The second-order valence-electron chi connectivity index (χ2n) is 5.90. The van der Waals surface area contributed by atoms with Gasteiger partial charge >= 0.3 is 0 Å². The summed E-state index contributed by atoms with van der Waals surface area (Å²) in [5.41, 5.74) is 4.12. The number of hydrogen-bond acceptors (Lipinski definition) is 5. The first-order chi connectivity index (χ1) is 13.6. The highest BCUT2D eigenvalue weighted by Crippen LogP contribution is 2.31. The molecule has 2 N–H and O–H groups in total. The van der Waals surface area contributed by atoms with E-state index >= 15 is 0 Å². The molecule has 1 amide bonds. The number of fused-ring (bicyclic) bond motifs is 1. The number of nitrogens with zero attached hydrogens (tertiary/aromatic N) is 1. The van der Waals surface area contributed by atoms with Crippen LogP contribution in [-0.2, 0) is 4.79 Å². The number of carbonyl (C=O) groups is 1. The Morgan fingerprint density at radius 1 is 1.07 bits per heavy atom. The maximum Gasteiger partial charge on any atom is 0.259 e. The van der Waals surface area contributed by atoms with Gasteiger partial charge in [-0.3, -0.25) is 4.79 Å². The van der Waals surface area contributed by atoms with Gasteiger partial charge in [-0.2, -0.15) is 5.10 Å². The number of rotatable bonds is 7. The van der Waals surface area contributed by atoms with E-state index in [1.807, 2.05) is 48.5 Å². The molecule has 6 nitrogen and oxygen atoms in total. The van der Waals surface area contributed by atoms with Crippen LogP contribution in [0.15, 0.2) is 64.2 Å². The molecule has 0 aliphatic heterocycles. The Morgan fingerprint density at radius 3 is 2.61 bits per heavy atom. The van der Waals surface area contributed by atoms with Gasteiger partial charge in [0.25, 0.3) is 5.91 Å². The standard InChI is InChI=1S/C21H20BrN3O3/c1-27-19-11-20(28-2)17(22)10-15(19)12-24-25-21(26)13-23-18-9-5-7-14-6-3-4-8-16(14)18/h3-12,23H,13H2,1-2H3,(H,25,26)/b24-12-. The monoisotopic (exact) mass is 441 g/mol. The van der Waals surface area contributed by atoms with Gasteiger partial charge in [-0.15, -0.1) is 0 Å². The molecule has 7 heteroatoms. The fourth-order valence-electron chi connectivity index (χ4n) is 2.75. The van der Waals surface area contributed by atoms with Crippen LogP contribution in [0.4, 0.5) is 5.69 Å². The molecule has 0 aromatic heterocycles. The van der Waals surface area contributed by atoms with Gasteiger partial charge in [0.2, 0.25) is 0 Å². The summed E-state index contributed by atoms with van der Waals surface area (Å²) in [6, 6.07) is 17.5. The topological polar surface area (TPSA) is 72.0 Å². The van der Waals surface area contributed by atoms with Crippen molar-refractivity contribution in [2.24, 2.45) is 5.10 Å². The normalized spacial score (nSPS) is 10.8. The van der Waals surface area contributed by atoms with Crippen molar-refractivity contribution in [2.75, 3.05) is 26.1 Å². The Hall–Kier alpha value is -3.06. The first-order valence-corrected chi connectivity index (χ1v) is 9.36. The van der Waals surface area contributed by atoms with E-state index in [0.717, 1.165) is 20.9 Å². The lowest BCUT2D eigenvalue weighted by molar-refractivity contribution is -0.119. The average molecular weight is 442 g/mol. The number of methoxy groups -OCH3 is 2. The highest BCUT2D eigenvalue weighted by atomic mass is 79.9. The fourth-order valence-corrected chi connectivity index (χ4v) is 3.28. The Labute approximate surface area is 171 Å². The summed E-state index contributed by atoms with van der Waals surface area (Å²) < 4.78 is 11.3. The molecule has 0 unspecified atom stereocenters. The van der Waals surface area contributed by atoms with E-state index in [4.69, 9.17) is 9.47 Å². The predicted molar refractivity (Wildman–Crippen MR) is 115 cm³/mol. The lowest BCUT2D eigenvalue weighted by Crippen LogP contribution is -2.26. The number of anilines is 1.